The zero-order valence-corrected chi connectivity index (χ0v) is 11.3. The Balaban J connectivity index is 1.92. The van der Waals surface area contributed by atoms with Crippen molar-refractivity contribution >= 4 is 11.6 Å². The largest absolute Gasteiger partial charge is 0.309 e. The Labute approximate surface area is 118 Å². The standard InChI is InChI=1S/C16H15ClN2/c17-16-7-5-13(6-8-16)11-19-12-15-4-2-1-3-14(15)9-10-18/h1-8,19H,9,11-12H2. The number of nitriles is 1. The molecular formula is C16H15ClN2. The minimum atomic E-state index is 0.457. The highest BCUT2D eigenvalue weighted by Crippen LogP contribution is 2.11. The smallest absolute Gasteiger partial charge is 0.0669 e. The van der Waals surface area contributed by atoms with Crippen LogP contribution >= 0.6 is 11.6 Å². The predicted molar refractivity (Wildman–Crippen MR) is 77.8 cm³/mol. The summed E-state index contributed by atoms with van der Waals surface area (Å²) in [6, 6.07) is 18.0. The molecule has 3 heteroatoms. The fourth-order valence-corrected chi connectivity index (χ4v) is 2.06. The van der Waals surface area contributed by atoms with Crippen LogP contribution in [0.4, 0.5) is 0 Å². The topological polar surface area (TPSA) is 35.8 Å². The van der Waals surface area contributed by atoms with Gasteiger partial charge in [0.2, 0.25) is 0 Å². The molecule has 0 bridgehead atoms. The summed E-state index contributed by atoms with van der Waals surface area (Å²) < 4.78 is 0. The third kappa shape index (κ3) is 4.10. The van der Waals surface area contributed by atoms with Crippen LogP contribution in [0.1, 0.15) is 16.7 Å². The molecule has 2 nitrogen and oxygen atoms in total. The van der Waals surface area contributed by atoms with Gasteiger partial charge in [0.25, 0.3) is 0 Å². The Bertz CT molecular complexity index is 570. The summed E-state index contributed by atoms with van der Waals surface area (Å²) in [6.45, 7) is 1.55. The highest BCUT2D eigenvalue weighted by molar-refractivity contribution is 6.30. The zero-order valence-electron chi connectivity index (χ0n) is 10.6. The van der Waals surface area contributed by atoms with E-state index in [4.69, 9.17) is 16.9 Å². The molecule has 0 amide bonds. The molecule has 0 aliphatic carbocycles. The van der Waals surface area contributed by atoms with Gasteiger partial charge in [0.1, 0.15) is 0 Å². The molecule has 1 N–H and O–H groups in total. The van der Waals surface area contributed by atoms with E-state index in [2.05, 4.69) is 17.5 Å². The second-order valence-electron chi connectivity index (χ2n) is 4.33. The van der Waals surface area contributed by atoms with Crippen LogP contribution in [0, 0.1) is 11.3 Å². The maximum atomic E-state index is 8.79. The molecule has 0 fully saturated rings. The Hall–Kier alpha value is -1.82. The van der Waals surface area contributed by atoms with E-state index >= 15 is 0 Å². The average molecular weight is 271 g/mol. The lowest BCUT2D eigenvalue weighted by Crippen LogP contribution is -2.13. The summed E-state index contributed by atoms with van der Waals surface area (Å²) in [6.07, 6.45) is 0.457. The van der Waals surface area contributed by atoms with Crippen molar-refractivity contribution < 1.29 is 0 Å². The van der Waals surface area contributed by atoms with E-state index in [1.807, 2.05) is 42.5 Å². The molecular weight excluding hydrogens is 256 g/mol. The molecule has 0 heterocycles. The first-order chi connectivity index (χ1) is 9.29. The van der Waals surface area contributed by atoms with Crippen LogP contribution in [0.25, 0.3) is 0 Å². The van der Waals surface area contributed by atoms with Crippen molar-refractivity contribution in [2.24, 2.45) is 0 Å². The molecule has 2 aromatic carbocycles. The Kier molecular flexibility index (Phi) is 4.97. The van der Waals surface area contributed by atoms with Crippen LogP contribution in [0.5, 0.6) is 0 Å². The van der Waals surface area contributed by atoms with Gasteiger partial charge in [-0.05, 0) is 28.8 Å². The van der Waals surface area contributed by atoms with Crippen LogP contribution < -0.4 is 5.32 Å². The molecule has 96 valence electrons. The van der Waals surface area contributed by atoms with Crippen LogP contribution in [0.3, 0.4) is 0 Å². The molecule has 0 aromatic heterocycles. The first-order valence-electron chi connectivity index (χ1n) is 6.18. The van der Waals surface area contributed by atoms with Gasteiger partial charge in [0.15, 0.2) is 0 Å². The average Bonchev–Trinajstić information content (AvgIpc) is 2.43. The summed E-state index contributed by atoms with van der Waals surface area (Å²) >= 11 is 5.85. The molecule has 2 rings (SSSR count). The van der Waals surface area contributed by atoms with E-state index in [0.717, 1.165) is 23.7 Å². The Morgan fingerprint density at radius 2 is 1.63 bits per heavy atom. The molecule has 0 aliphatic rings. The van der Waals surface area contributed by atoms with E-state index in [0.29, 0.717) is 6.42 Å². The monoisotopic (exact) mass is 270 g/mol. The van der Waals surface area contributed by atoms with Crippen molar-refractivity contribution in [3.05, 3.63) is 70.2 Å². The minimum absolute atomic E-state index is 0.457. The van der Waals surface area contributed by atoms with Crippen LogP contribution in [-0.4, -0.2) is 0 Å². The van der Waals surface area contributed by atoms with Gasteiger partial charge in [0, 0.05) is 18.1 Å². The van der Waals surface area contributed by atoms with Gasteiger partial charge in [-0.1, -0.05) is 48.0 Å². The fraction of sp³-hybridized carbons (Fsp3) is 0.188. The van der Waals surface area contributed by atoms with Gasteiger partial charge >= 0.3 is 0 Å². The van der Waals surface area contributed by atoms with Crippen LogP contribution in [0.2, 0.25) is 5.02 Å². The van der Waals surface area contributed by atoms with E-state index in [1.165, 1.54) is 11.1 Å². The molecule has 0 spiro atoms. The maximum Gasteiger partial charge on any atom is 0.0669 e. The number of halogens is 1. The summed E-state index contributed by atoms with van der Waals surface area (Å²) in [7, 11) is 0. The highest BCUT2D eigenvalue weighted by atomic mass is 35.5. The first-order valence-corrected chi connectivity index (χ1v) is 6.56. The van der Waals surface area contributed by atoms with Crippen LogP contribution in [-0.2, 0) is 19.5 Å². The van der Waals surface area contributed by atoms with Crippen molar-refractivity contribution in [1.82, 2.24) is 5.32 Å². The first kappa shape index (κ1) is 13.6. The number of nitrogens with zero attached hydrogens (tertiary/aromatic N) is 1. The van der Waals surface area contributed by atoms with Gasteiger partial charge in [-0.25, -0.2) is 0 Å². The van der Waals surface area contributed by atoms with Crippen molar-refractivity contribution in [2.45, 2.75) is 19.5 Å². The lowest BCUT2D eigenvalue weighted by Gasteiger charge is -2.08. The molecule has 0 unspecified atom stereocenters. The van der Waals surface area contributed by atoms with E-state index < -0.39 is 0 Å². The normalized spacial score (nSPS) is 10.1. The van der Waals surface area contributed by atoms with Gasteiger partial charge in [-0.2, -0.15) is 5.26 Å². The summed E-state index contributed by atoms with van der Waals surface area (Å²) in [5.41, 5.74) is 3.47. The molecule has 0 saturated heterocycles. The second-order valence-corrected chi connectivity index (χ2v) is 4.77. The minimum Gasteiger partial charge on any atom is -0.309 e. The number of benzene rings is 2. The fourth-order valence-electron chi connectivity index (χ4n) is 1.93. The SMILES string of the molecule is N#CCc1ccccc1CNCc1ccc(Cl)cc1. The lowest BCUT2D eigenvalue weighted by molar-refractivity contribution is 0.689. The van der Waals surface area contributed by atoms with Crippen molar-refractivity contribution in [3.8, 4) is 6.07 Å². The molecule has 19 heavy (non-hydrogen) atoms. The molecule has 0 radical (unpaired) electrons. The van der Waals surface area contributed by atoms with Gasteiger partial charge in [-0.15, -0.1) is 0 Å². The number of rotatable bonds is 5. The third-order valence-corrected chi connectivity index (χ3v) is 3.20. The Morgan fingerprint density at radius 1 is 0.947 bits per heavy atom. The molecule has 2 aromatic rings. The third-order valence-electron chi connectivity index (χ3n) is 2.95. The van der Waals surface area contributed by atoms with E-state index in [-0.39, 0.29) is 0 Å². The van der Waals surface area contributed by atoms with Crippen LogP contribution in [0.15, 0.2) is 48.5 Å². The zero-order chi connectivity index (χ0) is 13.5. The lowest BCUT2D eigenvalue weighted by atomic mass is 10.1. The molecule has 0 saturated carbocycles. The Morgan fingerprint density at radius 3 is 2.32 bits per heavy atom. The summed E-state index contributed by atoms with van der Waals surface area (Å²) in [5.74, 6) is 0. The van der Waals surface area contributed by atoms with E-state index in [9.17, 15) is 0 Å². The molecule has 0 atom stereocenters. The van der Waals surface area contributed by atoms with Crippen molar-refractivity contribution in [3.63, 3.8) is 0 Å². The number of hydrogen-bond acceptors (Lipinski definition) is 2. The number of nitrogens with one attached hydrogen (secondary N) is 1. The predicted octanol–water partition coefficient (Wildman–Crippen LogP) is 3.70. The van der Waals surface area contributed by atoms with Gasteiger partial charge in [-0.3, -0.25) is 0 Å². The van der Waals surface area contributed by atoms with Gasteiger partial charge in [0.05, 0.1) is 12.5 Å². The van der Waals surface area contributed by atoms with Crippen molar-refractivity contribution in [1.29, 1.82) is 5.26 Å². The quantitative estimate of drug-likeness (QED) is 0.899. The highest BCUT2D eigenvalue weighted by Gasteiger charge is 2.01. The van der Waals surface area contributed by atoms with Crippen molar-refractivity contribution in [2.75, 3.05) is 0 Å². The second kappa shape index (κ2) is 6.94. The maximum absolute atomic E-state index is 8.79. The van der Waals surface area contributed by atoms with Gasteiger partial charge < -0.3 is 5.32 Å². The molecule has 0 aliphatic heterocycles. The summed E-state index contributed by atoms with van der Waals surface area (Å²) in [4.78, 5) is 0. The summed E-state index contributed by atoms with van der Waals surface area (Å²) in [5, 5.41) is 12.9. The van der Waals surface area contributed by atoms with E-state index in [1.54, 1.807) is 0 Å². The number of hydrogen-bond donors (Lipinski definition) is 1.